The smallest absolute Gasteiger partial charge is 0.252 e. The Balaban J connectivity index is 1.08. The van der Waals surface area contributed by atoms with Gasteiger partial charge < -0.3 is 9.80 Å². The van der Waals surface area contributed by atoms with E-state index >= 15 is 0 Å². The van der Waals surface area contributed by atoms with Crippen LogP contribution in [0.3, 0.4) is 0 Å². The molecular weight excluding hydrogens is 832 g/mol. The van der Waals surface area contributed by atoms with Crippen LogP contribution in [0.5, 0.6) is 0 Å². The third kappa shape index (κ3) is 7.69. The van der Waals surface area contributed by atoms with Crippen molar-refractivity contribution in [2.24, 2.45) is 0 Å². The van der Waals surface area contributed by atoms with Crippen molar-refractivity contribution in [1.29, 1.82) is 0 Å². The summed E-state index contributed by atoms with van der Waals surface area (Å²) in [5.41, 5.74) is 24.4. The molecule has 0 unspecified atom stereocenters. The maximum atomic E-state index is 2.64. The van der Waals surface area contributed by atoms with Crippen molar-refractivity contribution in [3.05, 3.63) is 223 Å². The van der Waals surface area contributed by atoms with Crippen LogP contribution in [-0.4, -0.2) is 6.71 Å². The second-order valence-corrected chi connectivity index (χ2v) is 20.1. The Kier molecular flexibility index (Phi) is 10.9. The molecule has 69 heavy (non-hydrogen) atoms. The first kappa shape index (κ1) is 41.8. The van der Waals surface area contributed by atoms with Gasteiger partial charge in [-0.3, -0.25) is 0 Å². The number of hydrogen-bond acceptors (Lipinski definition) is 2. The molecule has 9 aromatic rings. The molecule has 2 fully saturated rings. The monoisotopic (exact) mass is 888 g/mol. The first-order valence-corrected chi connectivity index (χ1v) is 25.7. The summed E-state index contributed by atoms with van der Waals surface area (Å²) in [5, 5.41) is 0. The molecule has 13 rings (SSSR count). The van der Waals surface area contributed by atoms with Gasteiger partial charge >= 0.3 is 0 Å². The maximum absolute atomic E-state index is 2.64. The lowest BCUT2D eigenvalue weighted by Crippen LogP contribution is -2.61. The van der Waals surface area contributed by atoms with Gasteiger partial charge in [0.25, 0.3) is 6.71 Å². The Labute approximate surface area is 409 Å². The van der Waals surface area contributed by atoms with Crippen LogP contribution in [0.25, 0.3) is 44.5 Å². The zero-order valence-electron chi connectivity index (χ0n) is 39.4. The lowest BCUT2D eigenvalue weighted by atomic mass is 9.33. The normalized spacial score (nSPS) is 15.6. The van der Waals surface area contributed by atoms with Gasteiger partial charge in [-0.25, -0.2) is 0 Å². The highest BCUT2D eigenvalue weighted by atomic mass is 15.2. The summed E-state index contributed by atoms with van der Waals surface area (Å²) in [6.45, 7) is 0.0614. The van der Waals surface area contributed by atoms with Gasteiger partial charge in [-0.2, -0.15) is 0 Å². The molecule has 0 bridgehead atoms. The number of anilines is 6. The van der Waals surface area contributed by atoms with Crippen LogP contribution in [0.2, 0.25) is 0 Å². The van der Waals surface area contributed by atoms with Crippen molar-refractivity contribution in [2.45, 2.75) is 76.0 Å². The zero-order chi connectivity index (χ0) is 45.7. The van der Waals surface area contributed by atoms with E-state index in [4.69, 9.17) is 0 Å². The summed E-state index contributed by atoms with van der Waals surface area (Å²) in [7, 11) is 0. The van der Waals surface area contributed by atoms with Crippen molar-refractivity contribution in [1.82, 2.24) is 0 Å². The van der Waals surface area contributed by atoms with Gasteiger partial charge in [0.1, 0.15) is 0 Å². The van der Waals surface area contributed by atoms with Crippen molar-refractivity contribution < 1.29 is 0 Å². The first-order valence-electron chi connectivity index (χ1n) is 25.7. The standard InChI is InChI=1S/C66H57BN2/c1-7-20-46(21-8-1)52-34-36-60-64(44-52)68(58-40-54(48-24-11-3-12-25-48)38-55(41-58)49-26-13-4-14-27-49)62-32-19-33-63-66(62)67(60)61-37-35-53(47-22-9-2-10-23-47)45-65(61)69(63)59-42-56(50-28-15-5-16-29-50)39-57(43-59)51-30-17-6-18-31-51/h3-6,11-19,24-47H,1-2,7-10,20-23H2. The molecule has 0 aromatic heterocycles. The topological polar surface area (TPSA) is 6.48 Å². The molecule has 0 saturated heterocycles. The molecule has 0 radical (unpaired) electrons. The van der Waals surface area contributed by atoms with Gasteiger partial charge in [-0.05, 0) is 170 Å². The Morgan fingerprint density at radius 3 is 0.986 bits per heavy atom. The first-order chi connectivity index (χ1) is 34.2. The van der Waals surface area contributed by atoms with Crippen LogP contribution < -0.4 is 26.2 Å². The Morgan fingerprint density at radius 1 is 0.290 bits per heavy atom. The fourth-order valence-electron chi connectivity index (χ4n) is 12.6. The van der Waals surface area contributed by atoms with E-state index in [0.717, 1.165) is 0 Å². The molecule has 3 heteroatoms. The van der Waals surface area contributed by atoms with Crippen LogP contribution in [0.4, 0.5) is 34.1 Å². The highest BCUT2D eigenvalue weighted by Gasteiger charge is 2.44. The maximum Gasteiger partial charge on any atom is 0.252 e. The molecule has 4 aliphatic rings. The lowest BCUT2D eigenvalue weighted by molar-refractivity contribution is 0.444. The molecule has 2 aliphatic carbocycles. The number of nitrogens with zero attached hydrogens (tertiary/aromatic N) is 2. The summed E-state index contributed by atoms with van der Waals surface area (Å²) in [6.07, 6.45) is 13.0. The van der Waals surface area contributed by atoms with Gasteiger partial charge in [0, 0.05) is 34.1 Å². The minimum Gasteiger partial charge on any atom is -0.311 e. The highest BCUT2D eigenvalue weighted by molar-refractivity contribution is 7.00. The fourth-order valence-corrected chi connectivity index (χ4v) is 12.6. The number of benzene rings is 9. The highest BCUT2D eigenvalue weighted by Crippen LogP contribution is 2.48. The summed E-state index contributed by atoms with van der Waals surface area (Å²) < 4.78 is 0. The second kappa shape index (κ2) is 17.9. The predicted octanol–water partition coefficient (Wildman–Crippen LogP) is 16.5. The van der Waals surface area contributed by atoms with Gasteiger partial charge in [0.05, 0.1) is 0 Å². The average molecular weight is 889 g/mol. The predicted molar refractivity (Wildman–Crippen MR) is 294 cm³/mol. The number of fused-ring (bicyclic) bond motifs is 4. The van der Waals surface area contributed by atoms with Crippen LogP contribution in [0, 0.1) is 0 Å². The van der Waals surface area contributed by atoms with Crippen molar-refractivity contribution >= 4 is 57.2 Å². The van der Waals surface area contributed by atoms with E-state index in [2.05, 4.69) is 222 Å². The Bertz CT molecular complexity index is 2960. The second-order valence-electron chi connectivity index (χ2n) is 20.1. The minimum absolute atomic E-state index is 0.0614. The van der Waals surface area contributed by atoms with E-state index < -0.39 is 0 Å². The molecule has 2 saturated carbocycles. The molecule has 0 atom stereocenters. The van der Waals surface area contributed by atoms with Crippen molar-refractivity contribution in [2.75, 3.05) is 9.80 Å². The minimum atomic E-state index is 0.0614. The van der Waals surface area contributed by atoms with E-state index in [1.165, 1.54) is 170 Å². The van der Waals surface area contributed by atoms with Gasteiger partial charge in [-0.15, -0.1) is 0 Å². The van der Waals surface area contributed by atoms with E-state index in [0.29, 0.717) is 11.8 Å². The third-order valence-corrected chi connectivity index (χ3v) is 16.0. The fraction of sp³-hybridized carbons (Fsp3) is 0.182. The summed E-state index contributed by atoms with van der Waals surface area (Å²) in [4.78, 5) is 5.29. The molecule has 0 N–H and O–H groups in total. The van der Waals surface area contributed by atoms with Crippen molar-refractivity contribution in [3.63, 3.8) is 0 Å². The molecule has 0 amide bonds. The largest absolute Gasteiger partial charge is 0.311 e. The van der Waals surface area contributed by atoms with E-state index in [1.807, 2.05) is 0 Å². The summed E-state index contributed by atoms with van der Waals surface area (Å²) in [5.74, 6) is 1.16. The molecule has 2 aliphatic heterocycles. The number of rotatable bonds is 8. The van der Waals surface area contributed by atoms with Crippen molar-refractivity contribution in [3.8, 4) is 44.5 Å². The van der Waals surface area contributed by atoms with Crippen LogP contribution in [-0.2, 0) is 0 Å². The van der Waals surface area contributed by atoms with Gasteiger partial charge in [-0.1, -0.05) is 190 Å². The Hall–Kier alpha value is -7.36. The van der Waals surface area contributed by atoms with Gasteiger partial charge in [0.2, 0.25) is 0 Å². The molecule has 2 heterocycles. The lowest BCUT2D eigenvalue weighted by Gasteiger charge is -2.45. The zero-order valence-corrected chi connectivity index (χ0v) is 39.4. The molecule has 9 aromatic carbocycles. The Morgan fingerprint density at radius 2 is 0.638 bits per heavy atom. The molecule has 0 spiro atoms. The third-order valence-electron chi connectivity index (χ3n) is 16.0. The van der Waals surface area contributed by atoms with Crippen LogP contribution in [0.15, 0.2) is 212 Å². The van der Waals surface area contributed by atoms with E-state index in [9.17, 15) is 0 Å². The molecular formula is C66H57BN2. The number of hydrogen-bond donors (Lipinski definition) is 0. The van der Waals surface area contributed by atoms with E-state index in [1.54, 1.807) is 0 Å². The van der Waals surface area contributed by atoms with Gasteiger partial charge in [0.15, 0.2) is 0 Å². The van der Waals surface area contributed by atoms with E-state index in [-0.39, 0.29) is 6.71 Å². The average Bonchev–Trinajstić information content (AvgIpc) is 3.44. The molecule has 334 valence electrons. The molecule has 2 nitrogen and oxygen atoms in total. The summed E-state index contributed by atoms with van der Waals surface area (Å²) in [6, 6.07) is 80.8. The van der Waals surface area contributed by atoms with Crippen LogP contribution in [0.1, 0.15) is 87.2 Å². The van der Waals surface area contributed by atoms with Crippen LogP contribution >= 0.6 is 0 Å². The quantitative estimate of drug-likeness (QED) is 0.140. The SMILES string of the molecule is c1ccc(-c2cc(-c3ccccc3)cc(N3c4cc(C5CCCCC5)ccc4B4c5ccc(C6CCCCC6)cc5N(c5cc(-c6ccccc6)cc(-c6ccccc6)c5)c5cccc3c54)c2)cc1. The summed E-state index contributed by atoms with van der Waals surface area (Å²) >= 11 is 0.